The van der Waals surface area contributed by atoms with Gasteiger partial charge in [-0.05, 0) is 37.6 Å². The van der Waals surface area contributed by atoms with Crippen molar-refractivity contribution in [3.05, 3.63) is 65.7 Å². The molecule has 0 aliphatic carbocycles. The van der Waals surface area contributed by atoms with Crippen molar-refractivity contribution in [1.29, 1.82) is 0 Å². The number of nitrogens with zero attached hydrogens (tertiary/aromatic N) is 2. The van der Waals surface area contributed by atoms with Gasteiger partial charge in [-0.1, -0.05) is 36.4 Å². The van der Waals surface area contributed by atoms with Gasteiger partial charge < -0.3 is 4.90 Å². The Kier molecular flexibility index (Phi) is 5.98. The van der Waals surface area contributed by atoms with Gasteiger partial charge in [0, 0.05) is 32.2 Å². The van der Waals surface area contributed by atoms with Crippen molar-refractivity contribution in [1.82, 2.24) is 9.21 Å². The van der Waals surface area contributed by atoms with Crippen LogP contribution in [0.3, 0.4) is 0 Å². The van der Waals surface area contributed by atoms with Crippen molar-refractivity contribution < 1.29 is 13.2 Å². The van der Waals surface area contributed by atoms with E-state index in [1.165, 1.54) is 26.2 Å². The molecule has 1 amide bonds. The molecule has 6 heteroatoms. The van der Waals surface area contributed by atoms with Gasteiger partial charge in [0.1, 0.15) is 0 Å². The van der Waals surface area contributed by atoms with Crippen molar-refractivity contribution in [2.75, 3.05) is 14.1 Å². The molecule has 0 atom stereocenters. The monoisotopic (exact) mass is 360 g/mol. The smallest absolute Gasteiger partial charge is 0.254 e. The van der Waals surface area contributed by atoms with Crippen LogP contribution in [0.25, 0.3) is 0 Å². The van der Waals surface area contributed by atoms with Crippen molar-refractivity contribution >= 4 is 15.9 Å². The van der Waals surface area contributed by atoms with E-state index >= 15 is 0 Å². The highest BCUT2D eigenvalue weighted by molar-refractivity contribution is 7.89. The highest BCUT2D eigenvalue weighted by Gasteiger charge is 2.22. The molecular formula is C19H24N2O3S. The minimum absolute atomic E-state index is 0.0122. The van der Waals surface area contributed by atoms with E-state index in [0.29, 0.717) is 12.1 Å². The summed E-state index contributed by atoms with van der Waals surface area (Å²) in [5, 5.41) is 0. The summed E-state index contributed by atoms with van der Waals surface area (Å²) < 4.78 is 25.7. The van der Waals surface area contributed by atoms with Crippen LogP contribution >= 0.6 is 0 Å². The first-order chi connectivity index (χ1) is 11.7. The van der Waals surface area contributed by atoms with E-state index in [0.717, 1.165) is 9.87 Å². The predicted octanol–water partition coefficient (Wildman–Crippen LogP) is 2.99. The van der Waals surface area contributed by atoms with Crippen molar-refractivity contribution in [3.63, 3.8) is 0 Å². The Labute approximate surface area is 149 Å². The molecular weight excluding hydrogens is 336 g/mol. The van der Waals surface area contributed by atoms with Gasteiger partial charge in [0.25, 0.3) is 5.91 Å². The highest BCUT2D eigenvalue weighted by Crippen LogP contribution is 2.18. The van der Waals surface area contributed by atoms with E-state index < -0.39 is 10.0 Å². The van der Waals surface area contributed by atoms with Gasteiger partial charge in [-0.2, -0.15) is 0 Å². The molecule has 0 aromatic heterocycles. The van der Waals surface area contributed by atoms with Gasteiger partial charge in [-0.3, -0.25) is 4.79 Å². The Hall–Kier alpha value is -2.18. The van der Waals surface area contributed by atoms with Crippen LogP contribution in [0.15, 0.2) is 59.5 Å². The standard InChI is InChI=1S/C19H24N2O3S/c1-15(2)21(14-16-9-6-5-7-10-16)19(22)17-11-8-12-18(13-17)25(23,24)20(3)4/h5-13,15H,14H2,1-4H3. The number of carbonyl (C=O) groups excluding carboxylic acids is 1. The lowest BCUT2D eigenvalue weighted by Crippen LogP contribution is -2.36. The van der Waals surface area contributed by atoms with Crippen LogP contribution in [0, 0.1) is 0 Å². The number of carbonyl (C=O) groups is 1. The molecule has 0 saturated carbocycles. The zero-order valence-electron chi connectivity index (χ0n) is 15.0. The fraction of sp³-hybridized carbons (Fsp3) is 0.316. The van der Waals surface area contributed by atoms with E-state index in [-0.39, 0.29) is 16.8 Å². The Bertz CT molecular complexity index is 831. The predicted molar refractivity (Wildman–Crippen MR) is 98.8 cm³/mol. The minimum atomic E-state index is -3.58. The maximum Gasteiger partial charge on any atom is 0.254 e. The fourth-order valence-electron chi connectivity index (χ4n) is 2.44. The summed E-state index contributed by atoms with van der Waals surface area (Å²) >= 11 is 0. The summed E-state index contributed by atoms with van der Waals surface area (Å²) in [6.07, 6.45) is 0. The summed E-state index contributed by atoms with van der Waals surface area (Å²) in [7, 11) is -0.631. The Morgan fingerprint density at radius 1 is 1.00 bits per heavy atom. The molecule has 0 bridgehead atoms. The van der Waals surface area contributed by atoms with Crippen LogP contribution in [-0.4, -0.2) is 43.7 Å². The fourth-order valence-corrected chi connectivity index (χ4v) is 3.38. The molecule has 2 aromatic rings. The third-order valence-electron chi connectivity index (χ3n) is 3.94. The quantitative estimate of drug-likeness (QED) is 0.796. The van der Waals surface area contributed by atoms with E-state index in [1.54, 1.807) is 17.0 Å². The van der Waals surface area contributed by atoms with E-state index in [9.17, 15) is 13.2 Å². The molecule has 0 aliphatic rings. The molecule has 2 rings (SSSR count). The third-order valence-corrected chi connectivity index (χ3v) is 5.75. The molecule has 25 heavy (non-hydrogen) atoms. The normalized spacial score (nSPS) is 11.8. The maximum absolute atomic E-state index is 13.0. The van der Waals surface area contributed by atoms with Gasteiger partial charge >= 0.3 is 0 Å². The number of rotatable bonds is 6. The molecule has 134 valence electrons. The molecule has 0 N–H and O–H groups in total. The molecule has 5 nitrogen and oxygen atoms in total. The summed E-state index contributed by atoms with van der Waals surface area (Å²) in [6, 6.07) is 15.9. The maximum atomic E-state index is 13.0. The molecule has 0 saturated heterocycles. The molecule has 0 heterocycles. The van der Waals surface area contributed by atoms with E-state index in [1.807, 2.05) is 44.2 Å². The van der Waals surface area contributed by atoms with Gasteiger partial charge in [0.2, 0.25) is 10.0 Å². The second kappa shape index (κ2) is 7.80. The average molecular weight is 360 g/mol. The van der Waals surface area contributed by atoms with Crippen LogP contribution in [0.2, 0.25) is 0 Å². The summed E-state index contributed by atoms with van der Waals surface area (Å²) in [5.74, 6) is -0.186. The molecule has 0 fully saturated rings. The number of hydrogen-bond donors (Lipinski definition) is 0. The van der Waals surface area contributed by atoms with Gasteiger partial charge in [-0.25, -0.2) is 12.7 Å². The third kappa shape index (κ3) is 4.46. The minimum Gasteiger partial charge on any atom is -0.332 e. The summed E-state index contributed by atoms with van der Waals surface area (Å²) in [4.78, 5) is 14.8. The number of hydrogen-bond acceptors (Lipinski definition) is 3. The molecule has 0 unspecified atom stereocenters. The van der Waals surface area contributed by atoms with Gasteiger partial charge in [0.05, 0.1) is 4.90 Å². The van der Waals surface area contributed by atoms with Crippen molar-refractivity contribution in [2.45, 2.75) is 31.3 Å². The molecule has 2 aromatic carbocycles. The first-order valence-corrected chi connectivity index (χ1v) is 9.55. The van der Waals surface area contributed by atoms with Crippen LogP contribution in [0.1, 0.15) is 29.8 Å². The zero-order chi connectivity index (χ0) is 18.6. The lowest BCUT2D eigenvalue weighted by Gasteiger charge is -2.27. The Morgan fingerprint density at radius 2 is 1.64 bits per heavy atom. The van der Waals surface area contributed by atoms with Crippen molar-refractivity contribution in [3.8, 4) is 0 Å². The first kappa shape index (κ1) is 19.1. The molecule has 0 aliphatic heterocycles. The molecule has 0 spiro atoms. The van der Waals surface area contributed by atoms with E-state index in [4.69, 9.17) is 0 Å². The Morgan fingerprint density at radius 3 is 2.20 bits per heavy atom. The SMILES string of the molecule is CC(C)N(Cc1ccccc1)C(=O)c1cccc(S(=O)(=O)N(C)C)c1. The average Bonchev–Trinajstić information content (AvgIpc) is 2.59. The lowest BCUT2D eigenvalue weighted by molar-refractivity contribution is 0.0690. The Balaban J connectivity index is 2.34. The largest absolute Gasteiger partial charge is 0.332 e. The number of benzene rings is 2. The van der Waals surface area contributed by atoms with E-state index in [2.05, 4.69) is 0 Å². The van der Waals surface area contributed by atoms with Crippen LogP contribution in [0.4, 0.5) is 0 Å². The van der Waals surface area contributed by atoms with Gasteiger partial charge in [-0.15, -0.1) is 0 Å². The first-order valence-electron chi connectivity index (χ1n) is 8.11. The summed E-state index contributed by atoms with van der Waals surface area (Å²) in [5.41, 5.74) is 1.40. The summed E-state index contributed by atoms with van der Waals surface area (Å²) in [6.45, 7) is 4.37. The second-order valence-electron chi connectivity index (χ2n) is 6.33. The number of amides is 1. The van der Waals surface area contributed by atoms with Crippen LogP contribution in [0.5, 0.6) is 0 Å². The number of sulfonamides is 1. The topological polar surface area (TPSA) is 57.7 Å². The zero-order valence-corrected chi connectivity index (χ0v) is 15.8. The highest BCUT2D eigenvalue weighted by atomic mass is 32.2. The van der Waals surface area contributed by atoms with Crippen molar-refractivity contribution in [2.24, 2.45) is 0 Å². The van der Waals surface area contributed by atoms with Gasteiger partial charge in [0.15, 0.2) is 0 Å². The molecule has 0 radical (unpaired) electrons. The van der Waals surface area contributed by atoms with Crippen LogP contribution < -0.4 is 0 Å². The second-order valence-corrected chi connectivity index (χ2v) is 8.48. The van der Waals surface area contributed by atoms with Crippen LogP contribution in [-0.2, 0) is 16.6 Å². The lowest BCUT2D eigenvalue weighted by atomic mass is 10.1.